The van der Waals surface area contributed by atoms with Crippen LogP contribution >= 0.6 is 22.7 Å². The van der Waals surface area contributed by atoms with E-state index in [-0.39, 0.29) is 11.2 Å². The molecule has 8 nitrogen and oxygen atoms in total. The Morgan fingerprint density at radius 2 is 1.91 bits per heavy atom. The lowest BCUT2D eigenvalue weighted by molar-refractivity contribution is 0.414. The van der Waals surface area contributed by atoms with Crippen LogP contribution in [0.4, 0.5) is 10.8 Å². The maximum atomic E-state index is 13.3. The lowest BCUT2D eigenvalue weighted by Crippen LogP contribution is -2.13. The molecule has 2 aromatic carbocycles. The molecule has 33 heavy (non-hydrogen) atoms. The van der Waals surface area contributed by atoms with Gasteiger partial charge in [-0.15, -0.1) is 32.9 Å². The number of methoxy groups -OCH3 is 1. The fourth-order valence-corrected chi connectivity index (χ4v) is 4.58. The highest BCUT2D eigenvalue weighted by Gasteiger charge is 2.19. The van der Waals surface area contributed by atoms with Crippen molar-refractivity contribution in [1.82, 2.24) is 19.7 Å². The van der Waals surface area contributed by atoms with Gasteiger partial charge in [0.25, 0.3) is 0 Å². The van der Waals surface area contributed by atoms with Gasteiger partial charge in [-0.2, -0.15) is 4.68 Å². The average molecular weight is 475 g/mol. The Labute approximate surface area is 196 Å². The molecule has 0 spiro atoms. The topological polar surface area (TPSA) is 97.5 Å². The van der Waals surface area contributed by atoms with E-state index in [1.54, 1.807) is 18.7 Å². The summed E-state index contributed by atoms with van der Waals surface area (Å²) in [5.74, 6) is 0.757. The van der Waals surface area contributed by atoms with Gasteiger partial charge in [0.2, 0.25) is 10.3 Å². The highest BCUT2D eigenvalue weighted by molar-refractivity contribution is 7.13. The van der Waals surface area contributed by atoms with E-state index < -0.39 is 0 Å². The molecule has 0 atom stereocenters. The summed E-state index contributed by atoms with van der Waals surface area (Å²) in [6.45, 7) is 2.00. The van der Waals surface area contributed by atoms with Crippen molar-refractivity contribution >= 4 is 33.5 Å². The third-order valence-electron chi connectivity index (χ3n) is 4.85. The smallest absolute Gasteiger partial charge is 0.301 e. The van der Waals surface area contributed by atoms with Crippen LogP contribution in [-0.4, -0.2) is 26.9 Å². The Bertz CT molecular complexity index is 1480. The quantitative estimate of drug-likeness (QED) is 0.299. The maximum absolute atomic E-state index is 13.3. The van der Waals surface area contributed by atoms with Gasteiger partial charge >= 0.3 is 5.56 Å². The number of nitrogens with one attached hydrogen (secondary N) is 1. The monoisotopic (exact) mass is 474 g/mol. The Hall–Kier alpha value is -3.89. The molecule has 3 aromatic heterocycles. The van der Waals surface area contributed by atoms with Crippen LogP contribution in [0.25, 0.3) is 27.6 Å². The van der Waals surface area contributed by atoms with Gasteiger partial charge in [0, 0.05) is 28.1 Å². The SMILES string of the molecule is COc1cc(C)cc(-c2csc(-n3[nH]c(-c4ccccc4)c(N=Nc4nccs4)c3=O)n2)c1. The molecular formula is C23H18N6O2S2. The molecule has 0 amide bonds. The molecular weight excluding hydrogens is 456 g/mol. The lowest BCUT2D eigenvalue weighted by Gasteiger charge is -2.04. The lowest BCUT2D eigenvalue weighted by atomic mass is 10.1. The van der Waals surface area contributed by atoms with Crippen molar-refractivity contribution in [3.8, 4) is 33.4 Å². The minimum absolute atomic E-state index is 0.199. The summed E-state index contributed by atoms with van der Waals surface area (Å²) in [5, 5.41) is 16.2. The number of H-pyrrole nitrogens is 1. The summed E-state index contributed by atoms with van der Waals surface area (Å²) < 4.78 is 6.78. The number of nitrogens with zero attached hydrogens (tertiary/aromatic N) is 5. The molecule has 0 aliphatic heterocycles. The first-order valence-corrected chi connectivity index (χ1v) is 11.7. The summed E-state index contributed by atoms with van der Waals surface area (Å²) in [5.41, 5.74) is 3.98. The molecule has 0 aliphatic carbocycles. The van der Waals surface area contributed by atoms with Crippen molar-refractivity contribution in [2.45, 2.75) is 6.92 Å². The van der Waals surface area contributed by atoms with E-state index in [2.05, 4.69) is 20.3 Å². The van der Waals surface area contributed by atoms with Gasteiger partial charge in [0.15, 0.2) is 5.69 Å². The van der Waals surface area contributed by atoms with Gasteiger partial charge < -0.3 is 4.74 Å². The zero-order chi connectivity index (χ0) is 22.8. The van der Waals surface area contributed by atoms with E-state index in [1.807, 2.05) is 60.8 Å². The fraction of sp³-hybridized carbons (Fsp3) is 0.0870. The number of aryl methyl sites for hydroxylation is 1. The summed E-state index contributed by atoms with van der Waals surface area (Å²) in [6, 6.07) is 15.4. The number of rotatable bonds is 6. The van der Waals surface area contributed by atoms with Crippen molar-refractivity contribution in [2.75, 3.05) is 7.11 Å². The predicted octanol–water partition coefficient (Wildman–Crippen LogP) is 6.15. The number of thiazole rings is 2. The summed E-state index contributed by atoms with van der Waals surface area (Å²) in [7, 11) is 1.64. The molecule has 5 rings (SSSR count). The first kappa shape index (κ1) is 21.0. The highest BCUT2D eigenvalue weighted by atomic mass is 32.1. The first-order valence-electron chi connectivity index (χ1n) is 9.96. The Balaban J connectivity index is 1.60. The molecule has 164 valence electrons. The van der Waals surface area contributed by atoms with E-state index in [1.165, 1.54) is 27.4 Å². The minimum atomic E-state index is -0.336. The average Bonchev–Trinajstić information content (AvgIpc) is 3.58. The van der Waals surface area contributed by atoms with E-state index in [0.29, 0.717) is 16.0 Å². The molecule has 0 aliphatic rings. The van der Waals surface area contributed by atoms with Crippen molar-refractivity contribution in [2.24, 2.45) is 10.2 Å². The van der Waals surface area contributed by atoms with Crippen LogP contribution in [-0.2, 0) is 0 Å². The molecule has 0 saturated heterocycles. The first-order chi connectivity index (χ1) is 16.1. The number of hydrogen-bond donors (Lipinski definition) is 1. The molecule has 5 aromatic rings. The second-order valence-electron chi connectivity index (χ2n) is 7.11. The largest absolute Gasteiger partial charge is 0.497 e. The fourth-order valence-electron chi connectivity index (χ4n) is 3.33. The van der Waals surface area contributed by atoms with Crippen LogP contribution in [0.15, 0.2) is 80.5 Å². The number of benzene rings is 2. The van der Waals surface area contributed by atoms with Crippen molar-refractivity contribution < 1.29 is 4.74 Å². The standard InChI is InChI=1S/C23H18N6O2S2/c1-14-10-16(12-17(11-14)31-2)18-13-33-23(25-18)29-21(30)20(26-27-22-24-8-9-32-22)19(28-29)15-6-4-3-5-7-15/h3-13,28H,1-2H3. The van der Waals surface area contributed by atoms with Crippen LogP contribution in [0.3, 0.4) is 0 Å². The van der Waals surface area contributed by atoms with E-state index in [4.69, 9.17) is 9.72 Å². The zero-order valence-electron chi connectivity index (χ0n) is 17.7. The van der Waals surface area contributed by atoms with Gasteiger partial charge in [0.05, 0.1) is 18.5 Å². The number of aromatic nitrogens is 4. The van der Waals surface area contributed by atoms with Crippen molar-refractivity contribution in [1.29, 1.82) is 0 Å². The minimum Gasteiger partial charge on any atom is -0.497 e. The number of azo groups is 1. The molecule has 0 radical (unpaired) electrons. The van der Waals surface area contributed by atoms with Crippen LogP contribution < -0.4 is 10.3 Å². The number of ether oxygens (including phenoxy) is 1. The Kier molecular flexibility index (Phi) is 5.68. The van der Waals surface area contributed by atoms with Gasteiger partial charge in [0.1, 0.15) is 5.75 Å². The van der Waals surface area contributed by atoms with Crippen LogP contribution in [0, 0.1) is 6.92 Å². The van der Waals surface area contributed by atoms with Crippen LogP contribution in [0.5, 0.6) is 5.75 Å². The van der Waals surface area contributed by atoms with E-state index in [0.717, 1.165) is 28.1 Å². The molecule has 1 N–H and O–H groups in total. The summed E-state index contributed by atoms with van der Waals surface area (Å²) >= 11 is 2.71. The van der Waals surface area contributed by atoms with Crippen LogP contribution in [0.1, 0.15) is 5.56 Å². The van der Waals surface area contributed by atoms with Gasteiger partial charge in [-0.1, -0.05) is 30.3 Å². The number of aromatic amines is 1. The van der Waals surface area contributed by atoms with Gasteiger partial charge in [-0.05, 0) is 30.7 Å². The number of hydrogen-bond acceptors (Lipinski definition) is 8. The molecule has 10 heteroatoms. The predicted molar refractivity (Wildman–Crippen MR) is 131 cm³/mol. The van der Waals surface area contributed by atoms with Crippen molar-refractivity contribution in [3.05, 3.63) is 81.4 Å². The maximum Gasteiger partial charge on any atom is 0.301 e. The molecule has 3 heterocycles. The second kappa shape index (κ2) is 8.93. The molecule has 0 unspecified atom stereocenters. The van der Waals surface area contributed by atoms with Gasteiger partial charge in [-0.3, -0.25) is 9.89 Å². The molecule has 0 saturated carbocycles. The van der Waals surface area contributed by atoms with E-state index >= 15 is 0 Å². The summed E-state index contributed by atoms with van der Waals surface area (Å²) in [6.07, 6.45) is 1.64. The van der Waals surface area contributed by atoms with Crippen molar-refractivity contribution in [3.63, 3.8) is 0 Å². The van der Waals surface area contributed by atoms with Crippen LogP contribution in [0.2, 0.25) is 0 Å². The highest BCUT2D eigenvalue weighted by Crippen LogP contribution is 2.31. The molecule has 0 fully saturated rings. The Morgan fingerprint density at radius 3 is 2.67 bits per heavy atom. The summed E-state index contributed by atoms with van der Waals surface area (Å²) in [4.78, 5) is 22.1. The van der Waals surface area contributed by atoms with E-state index in [9.17, 15) is 4.79 Å². The normalized spacial score (nSPS) is 11.3. The third-order valence-corrected chi connectivity index (χ3v) is 6.33. The van der Waals surface area contributed by atoms with Gasteiger partial charge in [-0.25, -0.2) is 9.97 Å². The second-order valence-corrected chi connectivity index (χ2v) is 8.82. The molecule has 0 bridgehead atoms. The third kappa shape index (κ3) is 4.26. The zero-order valence-corrected chi connectivity index (χ0v) is 19.4. The Morgan fingerprint density at radius 1 is 1.06 bits per heavy atom.